The SMILES string of the molecule is CCCC(=O)OC1C(O)CN2CC[C@H](OC(C)=O)C2C1O. The lowest BCUT2D eigenvalue weighted by atomic mass is 9.92. The van der Waals surface area contributed by atoms with Gasteiger partial charge in [0.15, 0.2) is 6.10 Å². The number of fused-ring (bicyclic) bond motifs is 1. The average Bonchev–Trinajstić information content (AvgIpc) is 2.77. The molecule has 0 saturated carbocycles. The van der Waals surface area contributed by atoms with Gasteiger partial charge >= 0.3 is 11.9 Å². The summed E-state index contributed by atoms with van der Waals surface area (Å²) in [4.78, 5) is 24.6. The van der Waals surface area contributed by atoms with Crippen molar-refractivity contribution in [3.05, 3.63) is 0 Å². The van der Waals surface area contributed by atoms with E-state index < -0.39 is 42.4 Å². The molecule has 2 fully saturated rings. The van der Waals surface area contributed by atoms with Crippen LogP contribution in [0.4, 0.5) is 0 Å². The second-order valence-corrected chi connectivity index (χ2v) is 5.68. The highest BCUT2D eigenvalue weighted by atomic mass is 16.6. The van der Waals surface area contributed by atoms with Crippen LogP contribution in [0.25, 0.3) is 0 Å². The van der Waals surface area contributed by atoms with Crippen molar-refractivity contribution in [2.24, 2.45) is 0 Å². The summed E-state index contributed by atoms with van der Waals surface area (Å²) < 4.78 is 10.4. The summed E-state index contributed by atoms with van der Waals surface area (Å²) in [7, 11) is 0. The molecular formula is C14H23NO6. The van der Waals surface area contributed by atoms with Gasteiger partial charge in [0.2, 0.25) is 0 Å². The number of nitrogens with zero attached hydrogens (tertiary/aromatic N) is 1. The molecule has 4 unspecified atom stereocenters. The van der Waals surface area contributed by atoms with Crippen LogP contribution in [0.3, 0.4) is 0 Å². The first kappa shape index (κ1) is 16.2. The van der Waals surface area contributed by atoms with Crippen molar-refractivity contribution in [3.8, 4) is 0 Å². The molecule has 7 heteroatoms. The fourth-order valence-electron chi connectivity index (χ4n) is 3.17. The number of aliphatic hydroxyl groups is 2. The summed E-state index contributed by atoms with van der Waals surface area (Å²) in [6, 6.07) is -0.434. The summed E-state index contributed by atoms with van der Waals surface area (Å²) in [5.74, 6) is -0.837. The van der Waals surface area contributed by atoms with Gasteiger partial charge in [-0.2, -0.15) is 0 Å². The molecule has 2 rings (SSSR count). The molecule has 2 saturated heterocycles. The normalized spacial score (nSPS) is 36.1. The minimum absolute atomic E-state index is 0.248. The predicted octanol–water partition coefficient (Wildman–Crippen LogP) is -0.560. The third-order valence-corrected chi connectivity index (χ3v) is 4.03. The average molecular weight is 301 g/mol. The molecule has 0 aromatic carbocycles. The standard InChI is InChI=1S/C14H23NO6/c1-3-4-11(18)21-14-9(17)7-15-6-5-10(20-8(2)16)12(15)13(14)19/h9-10,12-14,17,19H,3-7H2,1-2H3/t9?,10-,12?,13?,14?/m0/s1. The Labute approximate surface area is 123 Å². The molecule has 2 aliphatic rings. The zero-order valence-electron chi connectivity index (χ0n) is 12.4. The van der Waals surface area contributed by atoms with Crippen molar-refractivity contribution in [1.82, 2.24) is 4.90 Å². The van der Waals surface area contributed by atoms with Crippen molar-refractivity contribution < 1.29 is 29.3 Å². The Balaban J connectivity index is 2.07. The molecule has 5 atom stereocenters. The molecule has 2 heterocycles. The van der Waals surface area contributed by atoms with Gasteiger partial charge in [-0.1, -0.05) is 6.92 Å². The van der Waals surface area contributed by atoms with Crippen molar-refractivity contribution >= 4 is 11.9 Å². The van der Waals surface area contributed by atoms with Gasteiger partial charge in [-0.05, 0) is 12.8 Å². The van der Waals surface area contributed by atoms with Gasteiger partial charge in [-0.15, -0.1) is 0 Å². The largest absolute Gasteiger partial charge is 0.461 e. The molecule has 2 N–H and O–H groups in total. The van der Waals surface area contributed by atoms with E-state index in [9.17, 15) is 19.8 Å². The molecular weight excluding hydrogens is 278 g/mol. The minimum Gasteiger partial charge on any atom is -0.461 e. The van der Waals surface area contributed by atoms with Crippen LogP contribution >= 0.6 is 0 Å². The molecule has 0 bridgehead atoms. The number of ether oxygens (including phenoxy) is 2. The van der Waals surface area contributed by atoms with Crippen LogP contribution in [-0.4, -0.2) is 70.6 Å². The van der Waals surface area contributed by atoms with E-state index in [1.807, 2.05) is 11.8 Å². The first-order valence-corrected chi connectivity index (χ1v) is 7.41. The van der Waals surface area contributed by atoms with E-state index in [0.29, 0.717) is 25.9 Å². The molecule has 0 aromatic rings. The van der Waals surface area contributed by atoms with Crippen LogP contribution in [0, 0.1) is 0 Å². The number of carbonyl (C=O) groups excluding carboxylic acids is 2. The smallest absolute Gasteiger partial charge is 0.306 e. The zero-order chi connectivity index (χ0) is 15.6. The number of hydrogen-bond donors (Lipinski definition) is 2. The number of hydrogen-bond acceptors (Lipinski definition) is 7. The fourth-order valence-corrected chi connectivity index (χ4v) is 3.17. The number of rotatable bonds is 4. The maximum atomic E-state index is 11.6. The van der Waals surface area contributed by atoms with E-state index >= 15 is 0 Å². The highest BCUT2D eigenvalue weighted by Crippen LogP contribution is 2.31. The van der Waals surface area contributed by atoms with Crippen LogP contribution in [0.2, 0.25) is 0 Å². The van der Waals surface area contributed by atoms with Crippen LogP contribution in [0.15, 0.2) is 0 Å². The van der Waals surface area contributed by atoms with Crippen molar-refractivity contribution in [2.45, 2.75) is 63.6 Å². The van der Waals surface area contributed by atoms with Crippen molar-refractivity contribution in [1.29, 1.82) is 0 Å². The Morgan fingerprint density at radius 1 is 1.29 bits per heavy atom. The molecule has 21 heavy (non-hydrogen) atoms. The lowest BCUT2D eigenvalue weighted by Gasteiger charge is -2.42. The quantitative estimate of drug-likeness (QED) is 0.672. The Hall–Kier alpha value is -1.18. The molecule has 0 amide bonds. The molecule has 0 spiro atoms. The summed E-state index contributed by atoms with van der Waals surface area (Å²) in [5.41, 5.74) is 0. The first-order chi connectivity index (χ1) is 9.93. The van der Waals surface area contributed by atoms with Gasteiger partial charge in [0, 0.05) is 26.4 Å². The number of esters is 2. The summed E-state index contributed by atoms with van der Waals surface area (Å²) >= 11 is 0. The van der Waals surface area contributed by atoms with E-state index in [4.69, 9.17) is 9.47 Å². The highest BCUT2D eigenvalue weighted by Gasteiger charge is 2.51. The van der Waals surface area contributed by atoms with Crippen LogP contribution in [0.5, 0.6) is 0 Å². The van der Waals surface area contributed by atoms with E-state index in [2.05, 4.69) is 0 Å². The number of carbonyl (C=O) groups is 2. The molecule has 0 radical (unpaired) electrons. The van der Waals surface area contributed by atoms with Gasteiger partial charge in [0.25, 0.3) is 0 Å². The van der Waals surface area contributed by atoms with Crippen LogP contribution in [-0.2, 0) is 19.1 Å². The second kappa shape index (κ2) is 6.72. The van der Waals surface area contributed by atoms with E-state index in [1.54, 1.807) is 0 Å². The van der Waals surface area contributed by atoms with Gasteiger partial charge < -0.3 is 19.7 Å². The third kappa shape index (κ3) is 3.53. The second-order valence-electron chi connectivity index (χ2n) is 5.68. The zero-order valence-corrected chi connectivity index (χ0v) is 12.4. The Morgan fingerprint density at radius 3 is 2.62 bits per heavy atom. The maximum Gasteiger partial charge on any atom is 0.306 e. The molecule has 120 valence electrons. The van der Waals surface area contributed by atoms with E-state index in [0.717, 1.165) is 0 Å². The lowest BCUT2D eigenvalue weighted by Crippen LogP contribution is -2.62. The highest BCUT2D eigenvalue weighted by molar-refractivity contribution is 5.69. The van der Waals surface area contributed by atoms with Crippen molar-refractivity contribution in [2.75, 3.05) is 13.1 Å². The number of piperidine rings is 1. The number of aliphatic hydroxyl groups excluding tert-OH is 2. The molecule has 0 aliphatic carbocycles. The topological polar surface area (TPSA) is 96.3 Å². The summed E-state index contributed by atoms with van der Waals surface area (Å²) in [6.07, 6.45) is -1.92. The van der Waals surface area contributed by atoms with Gasteiger partial charge in [0.1, 0.15) is 18.3 Å². The monoisotopic (exact) mass is 301 g/mol. The van der Waals surface area contributed by atoms with E-state index in [1.165, 1.54) is 6.92 Å². The van der Waals surface area contributed by atoms with Gasteiger partial charge in [0.05, 0.1) is 6.04 Å². The molecule has 2 aliphatic heterocycles. The molecule has 7 nitrogen and oxygen atoms in total. The minimum atomic E-state index is -1.07. The maximum absolute atomic E-state index is 11.6. The van der Waals surface area contributed by atoms with E-state index in [-0.39, 0.29) is 6.42 Å². The summed E-state index contributed by atoms with van der Waals surface area (Å²) in [5, 5.41) is 20.5. The van der Waals surface area contributed by atoms with Crippen LogP contribution < -0.4 is 0 Å². The third-order valence-electron chi connectivity index (χ3n) is 4.03. The Kier molecular flexibility index (Phi) is 5.18. The Morgan fingerprint density at radius 2 is 2.00 bits per heavy atom. The van der Waals surface area contributed by atoms with Gasteiger partial charge in [-0.3, -0.25) is 14.5 Å². The molecule has 0 aromatic heterocycles. The van der Waals surface area contributed by atoms with Crippen molar-refractivity contribution in [3.63, 3.8) is 0 Å². The fraction of sp³-hybridized carbons (Fsp3) is 0.857. The predicted molar refractivity (Wildman–Crippen MR) is 72.3 cm³/mol. The lowest BCUT2D eigenvalue weighted by molar-refractivity contribution is -0.187. The summed E-state index contributed by atoms with van der Waals surface area (Å²) in [6.45, 7) is 4.10. The van der Waals surface area contributed by atoms with Gasteiger partial charge in [-0.25, -0.2) is 0 Å². The van der Waals surface area contributed by atoms with Crippen LogP contribution in [0.1, 0.15) is 33.1 Å². The first-order valence-electron chi connectivity index (χ1n) is 7.41. The Bertz CT molecular complexity index is 401.